The number of pyridine rings is 1. The molecule has 3 aromatic rings. The van der Waals surface area contributed by atoms with E-state index in [1.54, 1.807) is 38.3 Å². The molecule has 0 radical (unpaired) electrons. The average Bonchev–Trinajstić information content (AvgIpc) is 2.60. The molecular weight excluding hydrogens is 318 g/mol. The average molecular weight is 335 g/mol. The number of fused-ring (bicyclic) bond motifs is 1. The summed E-state index contributed by atoms with van der Waals surface area (Å²) in [6.07, 6.45) is 0. The van der Waals surface area contributed by atoms with Crippen LogP contribution in [0.15, 0.2) is 48.5 Å². The molecule has 0 spiro atoms. The molecule has 0 saturated heterocycles. The number of nitrogens with one attached hydrogen (secondary N) is 1. The van der Waals surface area contributed by atoms with Gasteiger partial charge in [-0.15, -0.1) is 0 Å². The van der Waals surface area contributed by atoms with Crippen molar-refractivity contribution in [3.8, 4) is 5.75 Å². The first-order chi connectivity index (χ1) is 12.0. The van der Waals surface area contributed by atoms with Crippen LogP contribution < -0.4 is 15.8 Å². The first-order valence-electron chi connectivity index (χ1n) is 7.64. The van der Waals surface area contributed by atoms with Gasteiger partial charge in [-0.3, -0.25) is 14.6 Å². The molecule has 126 valence electrons. The quantitative estimate of drug-likeness (QED) is 0.766. The lowest BCUT2D eigenvalue weighted by molar-refractivity contribution is 0.0996. The molecule has 6 heteroatoms. The molecule has 0 unspecified atom stereocenters. The van der Waals surface area contributed by atoms with Gasteiger partial charge in [0.25, 0.3) is 5.91 Å². The predicted octanol–water partition coefficient (Wildman–Crippen LogP) is 2.90. The van der Waals surface area contributed by atoms with E-state index >= 15 is 0 Å². The lowest BCUT2D eigenvalue weighted by Gasteiger charge is -2.10. The van der Waals surface area contributed by atoms with Crippen molar-refractivity contribution in [1.82, 2.24) is 4.98 Å². The van der Waals surface area contributed by atoms with Gasteiger partial charge in [-0.1, -0.05) is 6.07 Å². The molecule has 0 fully saturated rings. The zero-order valence-electron chi connectivity index (χ0n) is 13.9. The normalized spacial score (nSPS) is 10.5. The Kier molecular flexibility index (Phi) is 4.35. The summed E-state index contributed by atoms with van der Waals surface area (Å²) in [4.78, 5) is 28.3. The summed E-state index contributed by atoms with van der Waals surface area (Å²) in [7, 11) is 1.59. The Hall–Kier alpha value is -3.41. The number of carbonyl (C=O) groups excluding carboxylic acids is 2. The molecule has 0 aliphatic rings. The highest BCUT2D eigenvalue weighted by Gasteiger charge is 2.13. The molecule has 3 rings (SSSR count). The number of ether oxygens (including phenoxy) is 1. The minimum atomic E-state index is -0.548. The van der Waals surface area contributed by atoms with Gasteiger partial charge < -0.3 is 15.8 Å². The topological polar surface area (TPSA) is 94.3 Å². The highest BCUT2D eigenvalue weighted by atomic mass is 16.5. The predicted molar refractivity (Wildman–Crippen MR) is 95.9 cm³/mol. The van der Waals surface area contributed by atoms with Gasteiger partial charge in [-0.2, -0.15) is 0 Å². The number of hydrogen-bond donors (Lipinski definition) is 2. The summed E-state index contributed by atoms with van der Waals surface area (Å²) in [6, 6.07) is 13.8. The molecule has 0 saturated carbocycles. The summed E-state index contributed by atoms with van der Waals surface area (Å²) in [5, 5.41) is 3.61. The van der Waals surface area contributed by atoms with Crippen molar-refractivity contribution in [2.24, 2.45) is 5.73 Å². The van der Waals surface area contributed by atoms with Crippen LogP contribution in [-0.2, 0) is 0 Å². The standard InChI is InChI=1S/C19H17N3O3/c1-11-16(9-12-6-7-15(25-2)10-17(12)21-11)19(24)22-14-5-3-4-13(8-14)18(20)23/h3-10H,1-2H3,(H2,20,23)(H,22,24). The van der Waals surface area contributed by atoms with E-state index < -0.39 is 5.91 Å². The van der Waals surface area contributed by atoms with E-state index in [0.29, 0.717) is 28.3 Å². The number of carbonyl (C=O) groups is 2. The number of methoxy groups -OCH3 is 1. The Labute approximate surface area is 144 Å². The van der Waals surface area contributed by atoms with Crippen molar-refractivity contribution in [2.75, 3.05) is 12.4 Å². The number of anilines is 1. The van der Waals surface area contributed by atoms with Gasteiger partial charge in [-0.25, -0.2) is 0 Å². The Morgan fingerprint density at radius 3 is 2.64 bits per heavy atom. The van der Waals surface area contributed by atoms with Crippen molar-refractivity contribution >= 4 is 28.4 Å². The van der Waals surface area contributed by atoms with Crippen LogP contribution in [0, 0.1) is 6.92 Å². The first-order valence-corrected chi connectivity index (χ1v) is 7.64. The molecule has 2 aromatic carbocycles. The first kappa shape index (κ1) is 16.4. The molecule has 25 heavy (non-hydrogen) atoms. The Morgan fingerprint density at radius 2 is 1.92 bits per heavy atom. The van der Waals surface area contributed by atoms with E-state index in [9.17, 15) is 9.59 Å². The maximum atomic E-state index is 12.6. The van der Waals surface area contributed by atoms with Crippen LogP contribution in [0.25, 0.3) is 10.9 Å². The van der Waals surface area contributed by atoms with Gasteiger partial charge in [0.15, 0.2) is 0 Å². The van der Waals surface area contributed by atoms with Crippen LogP contribution in [0.3, 0.4) is 0 Å². The molecule has 0 aliphatic heterocycles. The molecule has 1 aromatic heterocycles. The molecule has 3 N–H and O–H groups in total. The minimum Gasteiger partial charge on any atom is -0.497 e. The Balaban J connectivity index is 1.93. The van der Waals surface area contributed by atoms with Gasteiger partial charge in [0.2, 0.25) is 5.91 Å². The van der Waals surface area contributed by atoms with E-state index in [4.69, 9.17) is 10.5 Å². The van der Waals surface area contributed by atoms with E-state index in [0.717, 1.165) is 10.9 Å². The number of hydrogen-bond acceptors (Lipinski definition) is 4. The lowest BCUT2D eigenvalue weighted by Crippen LogP contribution is -2.15. The number of amides is 2. The van der Waals surface area contributed by atoms with E-state index in [1.165, 1.54) is 6.07 Å². The van der Waals surface area contributed by atoms with Crippen molar-refractivity contribution in [3.05, 3.63) is 65.4 Å². The Bertz CT molecular complexity index is 983. The smallest absolute Gasteiger partial charge is 0.257 e. The summed E-state index contributed by atoms with van der Waals surface area (Å²) in [5.74, 6) is -0.141. The van der Waals surface area contributed by atoms with Crippen molar-refractivity contribution in [2.45, 2.75) is 6.92 Å². The zero-order valence-corrected chi connectivity index (χ0v) is 13.9. The molecular formula is C19H17N3O3. The van der Waals surface area contributed by atoms with Crippen molar-refractivity contribution < 1.29 is 14.3 Å². The number of primary amides is 1. The second kappa shape index (κ2) is 6.60. The molecule has 6 nitrogen and oxygen atoms in total. The van der Waals surface area contributed by atoms with Crippen molar-refractivity contribution in [3.63, 3.8) is 0 Å². The fourth-order valence-corrected chi connectivity index (χ4v) is 2.55. The maximum Gasteiger partial charge on any atom is 0.257 e. The number of nitrogens with two attached hydrogens (primary N) is 1. The highest BCUT2D eigenvalue weighted by molar-refractivity contribution is 6.07. The maximum absolute atomic E-state index is 12.6. The number of aryl methyl sites for hydroxylation is 1. The SMILES string of the molecule is COc1ccc2cc(C(=O)Nc3cccc(C(N)=O)c3)c(C)nc2c1. The largest absolute Gasteiger partial charge is 0.497 e. The molecule has 2 amide bonds. The van der Waals surface area contributed by atoms with Crippen LogP contribution in [0.4, 0.5) is 5.69 Å². The molecule has 0 atom stereocenters. The summed E-state index contributed by atoms with van der Waals surface area (Å²) in [5.41, 5.74) is 7.91. The second-order valence-corrected chi connectivity index (χ2v) is 5.58. The van der Waals surface area contributed by atoms with Crippen LogP contribution in [0.1, 0.15) is 26.4 Å². The highest BCUT2D eigenvalue weighted by Crippen LogP contribution is 2.22. The number of aromatic nitrogens is 1. The molecule has 0 bridgehead atoms. The van der Waals surface area contributed by atoms with E-state index in [-0.39, 0.29) is 5.91 Å². The third-order valence-electron chi connectivity index (χ3n) is 3.86. The van der Waals surface area contributed by atoms with Gasteiger partial charge >= 0.3 is 0 Å². The van der Waals surface area contributed by atoms with Crippen LogP contribution in [0.2, 0.25) is 0 Å². The monoisotopic (exact) mass is 335 g/mol. The third-order valence-corrected chi connectivity index (χ3v) is 3.86. The van der Waals surface area contributed by atoms with Crippen molar-refractivity contribution in [1.29, 1.82) is 0 Å². The summed E-state index contributed by atoms with van der Waals surface area (Å²) >= 11 is 0. The van der Waals surface area contributed by atoms with E-state index in [2.05, 4.69) is 10.3 Å². The van der Waals surface area contributed by atoms with Crippen LogP contribution >= 0.6 is 0 Å². The number of benzene rings is 2. The Morgan fingerprint density at radius 1 is 1.12 bits per heavy atom. The summed E-state index contributed by atoms with van der Waals surface area (Å²) < 4.78 is 5.19. The fourth-order valence-electron chi connectivity index (χ4n) is 2.55. The molecule has 1 heterocycles. The minimum absolute atomic E-state index is 0.302. The fraction of sp³-hybridized carbons (Fsp3) is 0.105. The number of rotatable bonds is 4. The van der Waals surface area contributed by atoms with Gasteiger partial charge in [-0.05, 0) is 43.3 Å². The summed E-state index contributed by atoms with van der Waals surface area (Å²) in [6.45, 7) is 1.77. The van der Waals surface area contributed by atoms with E-state index in [1.807, 2.05) is 18.2 Å². The molecule has 0 aliphatic carbocycles. The second-order valence-electron chi connectivity index (χ2n) is 5.58. The van der Waals surface area contributed by atoms with Gasteiger partial charge in [0.1, 0.15) is 5.75 Å². The number of nitrogens with zero attached hydrogens (tertiary/aromatic N) is 1. The third kappa shape index (κ3) is 3.42. The van der Waals surface area contributed by atoms with Gasteiger partial charge in [0.05, 0.1) is 23.9 Å². The van der Waals surface area contributed by atoms with Crippen LogP contribution in [-0.4, -0.2) is 23.9 Å². The van der Waals surface area contributed by atoms with Gasteiger partial charge in [0, 0.05) is 22.7 Å². The van der Waals surface area contributed by atoms with Crippen LogP contribution in [0.5, 0.6) is 5.75 Å². The zero-order chi connectivity index (χ0) is 18.0. The lowest BCUT2D eigenvalue weighted by atomic mass is 10.1.